The van der Waals surface area contributed by atoms with Gasteiger partial charge in [-0.2, -0.15) is 0 Å². The van der Waals surface area contributed by atoms with Gasteiger partial charge in [-0.05, 0) is 81.9 Å². The van der Waals surface area contributed by atoms with E-state index >= 15 is 0 Å². The molecule has 0 spiro atoms. The van der Waals surface area contributed by atoms with Gasteiger partial charge in [-0.1, -0.05) is 140 Å². The van der Waals surface area contributed by atoms with Crippen LogP contribution in [0.5, 0.6) is 0 Å². The predicted molar refractivity (Wildman–Crippen MR) is 218 cm³/mol. The molecular formula is C48H31NOS. The van der Waals surface area contributed by atoms with Crippen molar-refractivity contribution >= 4 is 70.5 Å². The number of para-hydroxylation sites is 1. The van der Waals surface area contributed by atoms with Gasteiger partial charge in [0.2, 0.25) is 0 Å². The minimum atomic E-state index is 0.863. The number of hydrogen-bond donors (Lipinski definition) is 0. The van der Waals surface area contributed by atoms with E-state index in [9.17, 15) is 0 Å². The van der Waals surface area contributed by atoms with Gasteiger partial charge in [0, 0.05) is 42.3 Å². The van der Waals surface area contributed by atoms with Gasteiger partial charge in [-0.3, -0.25) is 0 Å². The number of anilines is 3. The van der Waals surface area contributed by atoms with E-state index in [-0.39, 0.29) is 0 Å². The van der Waals surface area contributed by atoms with E-state index in [1.807, 2.05) is 17.4 Å². The third-order valence-electron chi connectivity index (χ3n) is 9.88. The first-order valence-corrected chi connectivity index (χ1v) is 18.1. The Morgan fingerprint density at radius 3 is 1.84 bits per heavy atom. The lowest BCUT2D eigenvalue weighted by molar-refractivity contribution is 0.669. The molecule has 240 valence electrons. The van der Waals surface area contributed by atoms with Crippen LogP contribution in [0.1, 0.15) is 0 Å². The lowest BCUT2D eigenvalue weighted by atomic mass is 9.97. The molecule has 2 aromatic heterocycles. The summed E-state index contributed by atoms with van der Waals surface area (Å²) < 4.78 is 9.43. The number of nitrogens with zero attached hydrogens (tertiary/aromatic N) is 1. The maximum Gasteiger partial charge on any atom is 0.160 e. The molecule has 0 saturated carbocycles. The molecule has 0 amide bonds. The number of rotatable bonds is 6. The second kappa shape index (κ2) is 12.2. The largest absolute Gasteiger partial charge is 0.454 e. The summed E-state index contributed by atoms with van der Waals surface area (Å²) >= 11 is 1.86. The van der Waals surface area contributed by atoms with Crippen molar-refractivity contribution in [3.63, 3.8) is 0 Å². The second-order valence-electron chi connectivity index (χ2n) is 12.9. The predicted octanol–water partition coefficient (Wildman–Crippen LogP) is 14.4. The molecular weight excluding hydrogens is 639 g/mol. The van der Waals surface area contributed by atoms with E-state index in [4.69, 9.17) is 4.42 Å². The highest BCUT2D eigenvalue weighted by Crippen LogP contribution is 2.46. The SMILES string of the molecule is c1ccc(-c2cccc(N(c3ccc(-c4ccc5c(c4)sc4ccccc45)cc3)c3ccc(-c4ccccc4)c4c3oc3ccccc34)c2)cc1. The fraction of sp³-hybridized carbons (Fsp3) is 0. The minimum Gasteiger partial charge on any atom is -0.454 e. The van der Waals surface area contributed by atoms with Crippen LogP contribution in [0.25, 0.3) is 75.5 Å². The van der Waals surface area contributed by atoms with Gasteiger partial charge in [0.05, 0.1) is 5.69 Å². The molecule has 2 heterocycles. The van der Waals surface area contributed by atoms with Crippen molar-refractivity contribution < 1.29 is 4.42 Å². The van der Waals surface area contributed by atoms with Crippen LogP contribution >= 0.6 is 11.3 Å². The van der Waals surface area contributed by atoms with E-state index in [1.54, 1.807) is 0 Å². The Kier molecular flexibility index (Phi) is 7.04. The topological polar surface area (TPSA) is 16.4 Å². The number of hydrogen-bond acceptors (Lipinski definition) is 3. The monoisotopic (exact) mass is 669 g/mol. The van der Waals surface area contributed by atoms with Crippen molar-refractivity contribution in [3.8, 4) is 33.4 Å². The van der Waals surface area contributed by atoms with Gasteiger partial charge in [-0.15, -0.1) is 11.3 Å². The number of fused-ring (bicyclic) bond motifs is 6. The fourth-order valence-corrected chi connectivity index (χ4v) is 8.59. The highest BCUT2D eigenvalue weighted by molar-refractivity contribution is 7.25. The Hall–Kier alpha value is -6.42. The van der Waals surface area contributed by atoms with E-state index in [1.165, 1.54) is 36.9 Å². The molecule has 0 unspecified atom stereocenters. The summed E-state index contributed by atoms with van der Waals surface area (Å²) in [6.45, 7) is 0. The molecule has 0 saturated heterocycles. The molecule has 0 radical (unpaired) electrons. The van der Waals surface area contributed by atoms with Gasteiger partial charge in [0.25, 0.3) is 0 Å². The maximum atomic E-state index is 6.80. The molecule has 0 N–H and O–H groups in total. The summed E-state index contributed by atoms with van der Waals surface area (Å²) in [5.41, 5.74) is 11.9. The first kappa shape index (κ1) is 29.5. The Morgan fingerprint density at radius 2 is 1.02 bits per heavy atom. The van der Waals surface area contributed by atoms with Gasteiger partial charge in [-0.25, -0.2) is 0 Å². The minimum absolute atomic E-state index is 0.863. The Labute approximate surface area is 300 Å². The normalized spacial score (nSPS) is 11.5. The molecule has 0 bridgehead atoms. The zero-order valence-electron chi connectivity index (χ0n) is 27.7. The van der Waals surface area contributed by atoms with E-state index in [2.05, 4.69) is 187 Å². The quantitative estimate of drug-likeness (QED) is 0.175. The molecule has 0 atom stereocenters. The maximum absolute atomic E-state index is 6.80. The number of benzene rings is 8. The summed E-state index contributed by atoms with van der Waals surface area (Å²) in [5, 5.41) is 4.86. The van der Waals surface area contributed by atoms with Crippen LogP contribution in [0.2, 0.25) is 0 Å². The lowest BCUT2D eigenvalue weighted by Crippen LogP contribution is -2.10. The first-order chi connectivity index (χ1) is 25.3. The highest BCUT2D eigenvalue weighted by atomic mass is 32.1. The fourth-order valence-electron chi connectivity index (χ4n) is 7.44. The first-order valence-electron chi connectivity index (χ1n) is 17.3. The molecule has 0 fully saturated rings. The standard InChI is InChI=1S/C48H31NOS/c1-3-12-32(13-4-1)35-16-11-17-38(30-35)49(37-25-22-33(23-26-37)36-24-27-41-40-18-8-10-21-45(40)51-46(41)31-36)43-29-28-39(34-14-5-2-6-15-34)47-42-19-7-9-20-44(42)50-48(43)47/h1-31H. The molecule has 2 nitrogen and oxygen atoms in total. The summed E-state index contributed by atoms with van der Waals surface area (Å²) in [6, 6.07) is 67.3. The zero-order chi connectivity index (χ0) is 33.7. The van der Waals surface area contributed by atoms with E-state index in [0.29, 0.717) is 0 Å². The molecule has 0 aliphatic rings. The lowest BCUT2D eigenvalue weighted by Gasteiger charge is -2.27. The van der Waals surface area contributed by atoms with Crippen LogP contribution in [0.3, 0.4) is 0 Å². The number of thiophene rings is 1. The third-order valence-corrected chi connectivity index (χ3v) is 11.0. The van der Waals surface area contributed by atoms with Crippen molar-refractivity contribution in [3.05, 3.63) is 188 Å². The Balaban J connectivity index is 1.16. The van der Waals surface area contributed by atoms with Gasteiger partial charge in [0.1, 0.15) is 5.58 Å². The van der Waals surface area contributed by atoms with Crippen LogP contribution in [-0.2, 0) is 0 Å². The van der Waals surface area contributed by atoms with Crippen LogP contribution in [0, 0.1) is 0 Å². The summed E-state index contributed by atoms with van der Waals surface area (Å²) in [7, 11) is 0. The van der Waals surface area contributed by atoms with Crippen molar-refractivity contribution in [2.45, 2.75) is 0 Å². The molecule has 0 aliphatic heterocycles. The molecule has 51 heavy (non-hydrogen) atoms. The summed E-state index contributed by atoms with van der Waals surface area (Å²) in [5.74, 6) is 0. The molecule has 0 aliphatic carbocycles. The summed E-state index contributed by atoms with van der Waals surface area (Å²) in [4.78, 5) is 2.34. The van der Waals surface area contributed by atoms with Crippen molar-refractivity contribution in [1.29, 1.82) is 0 Å². The van der Waals surface area contributed by atoms with Crippen LogP contribution in [0.15, 0.2) is 192 Å². The third kappa shape index (κ3) is 5.10. The number of furan rings is 1. The van der Waals surface area contributed by atoms with Gasteiger partial charge >= 0.3 is 0 Å². The van der Waals surface area contributed by atoms with Crippen molar-refractivity contribution in [1.82, 2.24) is 0 Å². The van der Waals surface area contributed by atoms with E-state index < -0.39 is 0 Å². The van der Waals surface area contributed by atoms with Crippen LogP contribution in [0.4, 0.5) is 17.1 Å². The van der Waals surface area contributed by atoms with Crippen molar-refractivity contribution in [2.75, 3.05) is 4.90 Å². The highest BCUT2D eigenvalue weighted by Gasteiger charge is 2.22. The Morgan fingerprint density at radius 1 is 0.392 bits per heavy atom. The van der Waals surface area contributed by atoms with E-state index in [0.717, 1.165) is 55.7 Å². The Bertz CT molecular complexity index is 2850. The van der Waals surface area contributed by atoms with Gasteiger partial charge in [0.15, 0.2) is 5.58 Å². The average Bonchev–Trinajstić information content (AvgIpc) is 3.78. The second-order valence-corrected chi connectivity index (χ2v) is 14.0. The molecule has 3 heteroatoms. The van der Waals surface area contributed by atoms with Crippen LogP contribution < -0.4 is 4.90 Å². The molecule has 10 aromatic rings. The zero-order valence-corrected chi connectivity index (χ0v) is 28.5. The van der Waals surface area contributed by atoms with Crippen molar-refractivity contribution in [2.24, 2.45) is 0 Å². The molecule has 8 aromatic carbocycles. The summed E-state index contributed by atoms with van der Waals surface area (Å²) in [6.07, 6.45) is 0. The molecule has 10 rings (SSSR count). The van der Waals surface area contributed by atoms with Crippen LogP contribution in [-0.4, -0.2) is 0 Å². The average molecular weight is 670 g/mol. The van der Waals surface area contributed by atoms with Gasteiger partial charge < -0.3 is 9.32 Å². The smallest absolute Gasteiger partial charge is 0.160 e.